The fourth-order valence-electron chi connectivity index (χ4n) is 4.19. The van der Waals surface area contributed by atoms with Crippen LogP contribution in [-0.2, 0) is 26.0 Å². The number of carbonyl (C=O) groups excluding carboxylic acids is 2. The van der Waals surface area contributed by atoms with E-state index in [0.29, 0.717) is 6.42 Å². The Morgan fingerprint density at radius 2 is 1.93 bits per heavy atom. The lowest BCUT2D eigenvalue weighted by molar-refractivity contribution is -0.151. The Kier molecular flexibility index (Phi) is 4.64. The molecule has 3 aromatic rings. The highest BCUT2D eigenvalue weighted by Gasteiger charge is 2.46. The molecule has 30 heavy (non-hydrogen) atoms. The van der Waals surface area contributed by atoms with Crippen molar-refractivity contribution in [1.29, 1.82) is 0 Å². The summed E-state index contributed by atoms with van der Waals surface area (Å²) in [7, 11) is -3.66. The number of amides is 2. The van der Waals surface area contributed by atoms with Gasteiger partial charge in [0, 0.05) is 43.2 Å². The number of H-pyrrole nitrogens is 1. The lowest BCUT2D eigenvalue weighted by atomic mass is 9.99. The summed E-state index contributed by atoms with van der Waals surface area (Å²) in [4.78, 5) is 30.6. The highest BCUT2D eigenvalue weighted by molar-refractivity contribution is 7.91. The molecule has 2 aromatic heterocycles. The number of benzene rings is 1. The molecule has 10 heteroatoms. The molecule has 0 spiro atoms. The second-order valence-corrected chi connectivity index (χ2v) is 10.6. The van der Waals surface area contributed by atoms with Gasteiger partial charge in [-0.15, -0.1) is 11.3 Å². The first-order valence-electron chi connectivity index (χ1n) is 9.64. The SMILES string of the molecule is O=C1N[C@@H](Cc2c[nH]c3ccccc23)C(=O)N2CCN(S(=O)(=O)c3cccs3)C[C@@H]12. The van der Waals surface area contributed by atoms with Crippen LogP contribution in [0.15, 0.2) is 52.2 Å². The van der Waals surface area contributed by atoms with E-state index in [1.807, 2.05) is 30.5 Å². The summed E-state index contributed by atoms with van der Waals surface area (Å²) >= 11 is 1.14. The molecular formula is C20H20N4O4S2. The van der Waals surface area contributed by atoms with Gasteiger partial charge >= 0.3 is 0 Å². The lowest BCUT2D eigenvalue weighted by Gasteiger charge is -2.44. The van der Waals surface area contributed by atoms with Crippen LogP contribution in [0.5, 0.6) is 0 Å². The number of fused-ring (bicyclic) bond motifs is 2. The Labute approximate surface area is 177 Å². The molecule has 156 valence electrons. The fraction of sp³-hybridized carbons (Fsp3) is 0.300. The number of hydrogen-bond acceptors (Lipinski definition) is 5. The fourth-order valence-corrected chi connectivity index (χ4v) is 6.77. The minimum Gasteiger partial charge on any atom is -0.361 e. The van der Waals surface area contributed by atoms with Crippen LogP contribution in [0.25, 0.3) is 10.9 Å². The van der Waals surface area contributed by atoms with Crippen molar-refractivity contribution >= 4 is 44.1 Å². The minimum absolute atomic E-state index is 0.0301. The predicted molar refractivity (Wildman–Crippen MR) is 113 cm³/mol. The van der Waals surface area contributed by atoms with Crippen LogP contribution in [-0.4, -0.2) is 66.1 Å². The number of thiophene rings is 1. The molecule has 0 aliphatic carbocycles. The maximum atomic E-state index is 13.1. The molecule has 2 atom stereocenters. The molecule has 5 rings (SSSR count). The Balaban J connectivity index is 1.35. The number of sulfonamides is 1. The zero-order chi connectivity index (χ0) is 20.9. The first-order chi connectivity index (χ1) is 14.4. The maximum Gasteiger partial charge on any atom is 0.252 e. The van der Waals surface area contributed by atoms with E-state index in [4.69, 9.17) is 0 Å². The van der Waals surface area contributed by atoms with E-state index in [1.165, 1.54) is 9.21 Å². The third-order valence-corrected chi connectivity index (χ3v) is 8.97. The number of piperazine rings is 2. The molecule has 0 saturated carbocycles. The van der Waals surface area contributed by atoms with Gasteiger partial charge in [0.25, 0.3) is 10.0 Å². The number of hydrogen-bond donors (Lipinski definition) is 2. The van der Waals surface area contributed by atoms with Gasteiger partial charge in [0.1, 0.15) is 16.3 Å². The van der Waals surface area contributed by atoms with Gasteiger partial charge in [-0.25, -0.2) is 8.42 Å². The summed E-state index contributed by atoms with van der Waals surface area (Å²) < 4.78 is 27.2. The van der Waals surface area contributed by atoms with Crippen LogP contribution >= 0.6 is 11.3 Å². The molecule has 0 radical (unpaired) electrons. The van der Waals surface area contributed by atoms with E-state index in [-0.39, 0.29) is 35.7 Å². The molecule has 8 nitrogen and oxygen atoms in total. The van der Waals surface area contributed by atoms with Crippen LogP contribution in [0.2, 0.25) is 0 Å². The number of nitrogens with one attached hydrogen (secondary N) is 2. The van der Waals surface area contributed by atoms with Gasteiger partial charge in [-0.2, -0.15) is 4.31 Å². The van der Waals surface area contributed by atoms with Gasteiger partial charge in [-0.3, -0.25) is 9.59 Å². The molecule has 0 bridgehead atoms. The van der Waals surface area contributed by atoms with Gasteiger partial charge < -0.3 is 15.2 Å². The number of aromatic nitrogens is 1. The molecule has 2 amide bonds. The normalized spacial score (nSPS) is 22.9. The summed E-state index contributed by atoms with van der Waals surface area (Å²) in [6, 6.07) is 9.58. The van der Waals surface area contributed by atoms with E-state index in [2.05, 4.69) is 10.3 Å². The Morgan fingerprint density at radius 1 is 1.10 bits per heavy atom. The molecule has 2 aliphatic heterocycles. The molecule has 0 unspecified atom stereocenters. The van der Waals surface area contributed by atoms with Crippen molar-refractivity contribution in [2.24, 2.45) is 0 Å². The van der Waals surface area contributed by atoms with Crippen molar-refractivity contribution in [3.05, 3.63) is 53.5 Å². The van der Waals surface area contributed by atoms with Crippen LogP contribution in [0.1, 0.15) is 5.56 Å². The quantitative estimate of drug-likeness (QED) is 0.631. The van der Waals surface area contributed by atoms with Crippen molar-refractivity contribution in [2.45, 2.75) is 22.7 Å². The third-order valence-electron chi connectivity index (χ3n) is 5.73. The van der Waals surface area contributed by atoms with E-state index >= 15 is 0 Å². The molecule has 2 aliphatic rings. The summed E-state index contributed by atoms with van der Waals surface area (Å²) in [5, 5.41) is 5.54. The number of carbonyl (C=O) groups is 2. The van der Waals surface area contributed by atoms with Crippen LogP contribution in [0.4, 0.5) is 0 Å². The highest BCUT2D eigenvalue weighted by atomic mass is 32.2. The van der Waals surface area contributed by atoms with Crippen LogP contribution in [0.3, 0.4) is 0 Å². The van der Waals surface area contributed by atoms with Gasteiger partial charge in [-0.1, -0.05) is 24.3 Å². The van der Waals surface area contributed by atoms with Crippen molar-refractivity contribution in [3.63, 3.8) is 0 Å². The molecule has 1 aromatic carbocycles. The molecular weight excluding hydrogens is 424 g/mol. The molecule has 2 fully saturated rings. The van der Waals surface area contributed by atoms with Crippen molar-refractivity contribution in [1.82, 2.24) is 19.5 Å². The second kappa shape index (κ2) is 7.22. The third kappa shape index (κ3) is 3.11. The van der Waals surface area contributed by atoms with Gasteiger partial charge in [0.15, 0.2) is 0 Å². The lowest BCUT2D eigenvalue weighted by Crippen LogP contribution is -2.69. The smallest absolute Gasteiger partial charge is 0.252 e. The molecule has 4 heterocycles. The second-order valence-electron chi connectivity index (χ2n) is 7.47. The average Bonchev–Trinajstić information content (AvgIpc) is 3.42. The molecule has 2 saturated heterocycles. The average molecular weight is 445 g/mol. The van der Waals surface area contributed by atoms with Gasteiger partial charge in [0.2, 0.25) is 11.8 Å². The monoisotopic (exact) mass is 444 g/mol. The van der Waals surface area contributed by atoms with Gasteiger partial charge in [0.05, 0.1) is 0 Å². The van der Waals surface area contributed by atoms with Crippen molar-refractivity contribution in [2.75, 3.05) is 19.6 Å². The summed E-state index contributed by atoms with van der Waals surface area (Å²) in [5.41, 5.74) is 1.94. The van der Waals surface area contributed by atoms with Gasteiger partial charge in [-0.05, 0) is 23.1 Å². The number of nitrogens with zero attached hydrogens (tertiary/aromatic N) is 2. The molecule has 2 N–H and O–H groups in total. The summed E-state index contributed by atoms with van der Waals surface area (Å²) in [6.07, 6.45) is 2.25. The topological polar surface area (TPSA) is 103 Å². The van der Waals surface area contributed by atoms with E-state index in [0.717, 1.165) is 27.8 Å². The van der Waals surface area contributed by atoms with Crippen LogP contribution in [0, 0.1) is 0 Å². The predicted octanol–water partition coefficient (Wildman–Crippen LogP) is 1.17. The standard InChI is InChI=1S/C20H20N4O4S2/c25-19-17-12-23(30(27,28)18-6-3-9-29-18)7-8-24(17)20(26)16(22-19)10-13-11-21-15-5-2-1-4-14(13)15/h1-6,9,11,16-17,21H,7-8,10,12H2,(H,22,25)/t16-,17-/m0/s1. The van der Waals surface area contributed by atoms with E-state index in [1.54, 1.807) is 17.5 Å². The first kappa shape index (κ1) is 19.3. The number of rotatable bonds is 4. The Hall–Kier alpha value is -2.69. The van der Waals surface area contributed by atoms with Crippen molar-refractivity contribution in [3.8, 4) is 0 Å². The highest BCUT2D eigenvalue weighted by Crippen LogP contribution is 2.26. The Morgan fingerprint density at radius 3 is 2.73 bits per heavy atom. The number of aromatic amines is 1. The first-order valence-corrected chi connectivity index (χ1v) is 12.0. The largest absolute Gasteiger partial charge is 0.361 e. The van der Waals surface area contributed by atoms with Crippen molar-refractivity contribution < 1.29 is 18.0 Å². The van der Waals surface area contributed by atoms with E-state index in [9.17, 15) is 18.0 Å². The minimum atomic E-state index is -3.66. The summed E-state index contributed by atoms with van der Waals surface area (Å²) in [6.45, 7) is 0.346. The maximum absolute atomic E-state index is 13.1. The van der Waals surface area contributed by atoms with E-state index < -0.39 is 22.1 Å². The van der Waals surface area contributed by atoms with Crippen LogP contribution < -0.4 is 5.32 Å². The zero-order valence-corrected chi connectivity index (χ0v) is 17.6. The zero-order valence-electron chi connectivity index (χ0n) is 15.9. The number of para-hydroxylation sites is 1. The Bertz CT molecular complexity index is 1220. The summed E-state index contributed by atoms with van der Waals surface area (Å²) in [5.74, 6) is -0.483.